The molecule has 2 aliphatic carbocycles. The Bertz CT molecular complexity index is 1350. The van der Waals surface area contributed by atoms with Crippen molar-refractivity contribution >= 4 is 35.0 Å². The molecule has 0 amide bonds. The quantitative estimate of drug-likeness (QED) is 0.242. The standard InChI is InChI=1S/C21H25.C5H5.2C4H9.2ClH.H2Si.Zr/c1-20(2,3)16-9-7-14-11-15-8-10-17(21(4,5)6)13-19(15)18(14)12-16;1-2-4-5-3-1;2*1-4(2)3;;;;/h7,9-10,12-13H,11H2,1-6H3;1-3H,4H2;2*1-3H3;2*1H;1H2;. The molecule has 4 heteroatoms. The zero-order chi connectivity index (χ0) is 27.1. The van der Waals surface area contributed by atoms with E-state index in [0.717, 1.165) is 12.8 Å². The summed E-state index contributed by atoms with van der Waals surface area (Å²) in [6.45, 7) is 32.1. The van der Waals surface area contributed by atoms with Gasteiger partial charge in [-0.25, -0.2) is 0 Å². The first-order chi connectivity index (χ1) is 16.2. The van der Waals surface area contributed by atoms with Crippen LogP contribution in [0.4, 0.5) is 0 Å². The minimum atomic E-state index is -3.99. The zero-order valence-electron chi connectivity index (χ0n) is 26.1. The molecule has 2 aromatic carbocycles. The molecule has 0 aromatic heterocycles. The molecular formula is C34H52Cl2SiZr. The molecule has 0 N–H and O–H groups in total. The minimum absolute atomic E-state index is 0. The van der Waals surface area contributed by atoms with Crippen molar-refractivity contribution in [3.8, 4) is 11.1 Å². The van der Waals surface area contributed by atoms with E-state index in [1.165, 1.54) is 27.8 Å². The van der Waals surface area contributed by atoms with Crippen molar-refractivity contribution < 1.29 is 17.4 Å². The molecule has 0 aliphatic heterocycles. The van der Waals surface area contributed by atoms with Crippen LogP contribution in [0.3, 0.4) is 0 Å². The molecule has 0 bridgehead atoms. The fraction of sp³-hybridized carbons (Fsp3) is 0.529. The smallest absolute Gasteiger partial charge is 0.147 e. The van der Waals surface area contributed by atoms with Gasteiger partial charge in [-0.1, -0.05) is 0 Å². The topological polar surface area (TPSA) is 0 Å². The van der Waals surface area contributed by atoms with Gasteiger partial charge < -0.3 is 0 Å². The van der Waals surface area contributed by atoms with Gasteiger partial charge in [0.25, 0.3) is 0 Å². The van der Waals surface area contributed by atoms with Gasteiger partial charge in [0.05, 0.1) is 0 Å². The van der Waals surface area contributed by atoms with Crippen molar-refractivity contribution in [1.29, 1.82) is 0 Å². The molecule has 0 spiro atoms. The van der Waals surface area contributed by atoms with Crippen LogP contribution in [0, 0.1) is 0 Å². The molecule has 0 fully saturated rings. The summed E-state index contributed by atoms with van der Waals surface area (Å²) in [6, 6.07) is 12.6. The maximum atomic E-state index is 2.71. The third-order valence-electron chi connectivity index (χ3n) is 10.1. The summed E-state index contributed by atoms with van der Waals surface area (Å²) in [5.74, 6) is 0. The summed E-state index contributed by atoms with van der Waals surface area (Å²) in [5, 5.41) is 0. The van der Waals surface area contributed by atoms with Gasteiger partial charge in [0.2, 0.25) is 0 Å². The van der Waals surface area contributed by atoms with Crippen molar-refractivity contribution in [3.63, 3.8) is 0 Å². The molecule has 0 radical (unpaired) electrons. The van der Waals surface area contributed by atoms with E-state index in [-0.39, 0.29) is 41.9 Å². The van der Waals surface area contributed by atoms with E-state index in [1.807, 2.05) is 0 Å². The van der Waals surface area contributed by atoms with E-state index in [4.69, 9.17) is 0 Å². The first-order valence-electron chi connectivity index (χ1n) is 13.9. The van der Waals surface area contributed by atoms with E-state index in [1.54, 1.807) is 12.1 Å². The fourth-order valence-electron chi connectivity index (χ4n) is 7.59. The maximum Gasteiger partial charge on any atom is -0.147 e. The first kappa shape index (κ1) is 33.8. The van der Waals surface area contributed by atoms with Crippen LogP contribution >= 0.6 is 24.8 Å². The van der Waals surface area contributed by atoms with Crippen molar-refractivity contribution in [2.75, 3.05) is 0 Å². The SMILES string of the molecule is CC(C)(C)c1ccc2c(c1)-c1cc(C(C)(C)C)c[c]([Zr](=[SiH2])([C]3=CC=CC3)([C](C)(C)C)[C](C)(C)C)c1C2.Cl.Cl. The Labute approximate surface area is 248 Å². The van der Waals surface area contributed by atoms with Crippen LogP contribution < -0.4 is 3.27 Å². The predicted octanol–water partition coefficient (Wildman–Crippen LogP) is 9.84. The van der Waals surface area contributed by atoms with Gasteiger partial charge >= 0.3 is 226 Å². The molecule has 38 heavy (non-hydrogen) atoms. The van der Waals surface area contributed by atoms with Crippen LogP contribution in [-0.2, 0) is 34.6 Å². The Balaban J connectivity index is 0.00000253. The van der Waals surface area contributed by atoms with E-state index in [9.17, 15) is 0 Å². The Morgan fingerprint density at radius 2 is 1.21 bits per heavy atom. The largest absolute Gasteiger partial charge is 0.147 e. The molecule has 2 aromatic rings. The Hall–Kier alpha value is -0.400. The molecule has 0 heterocycles. The second kappa shape index (κ2) is 10.2. The van der Waals surface area contributed by atoms with Crippen LogP contribution in [0.25, 0.3) is 11.1 Å². The van der Waals surface area contributed by atoms with E-state index < -0.39 is 17.4 Å². The third-order valence-corrected chi connectivity index (χ3v) is 52.3. The van der Waals surface area contributed by atoms with Gasteiger partial charge in [-0.3, -0.25) is 0 Å². The van der Waals surface area contributed by atoms with Gasteiger partial charge in [0.1, 0.15) is 0 Å². The summed E-state index contributed by atoms with van der Waals surface area (Å²) >= 11 is -3.99. The number of hydrogen-bond acceptors (Lipinski definition) is 0. The maximum absolute atomic E-state index is 3.99. The van der Waals surface area contributed by atoms with E-state index in [0.29, 0.717) is 0 Å². The second-order valence-electron chi connectivity index (χ2n) is 15.9. The van der Waals surface area contributed by atoms with E-state index >= 15 is 0 Å². The van der Waals surface area contributed by atoms with E-state index in [2.05, 4.69) is 139 Å². The third kappa shape index (κ3) is 4.66. The fourth-order valence-corrected chi connectivity index (χ4v) is 32.0. The van der Waals surface area contributed by atoms with Crippen molar-refractivity contribution in [2.24, 2.45) is 0 Å². The number of allylic oxidation sites excluding steroid dienone is 4. The Kier molecular flexibility index (Phi) is 9.03. The van der Waals surface area contributed by atoms with Gasteiger partial charge in [-0.05, 0) is 0 Å². The molecule has 0 saturated heterocycles. The molecule has 0 unspecified atom stereocenters. The zero-order valence-corrected chi connectivity index (χ0v) is 31.6. The van der Waals surface area contributed by atoms with Crippen molar-refractivity contribution in [2.45, 2.75) is 113 Å². The minimum Gasteiger partial charge on any atom is -0.147 e. The first-order valence-corrected chi connectivity index (χ1v) is 24.8. The van der Waals surface area contributed by atoms with Gasteiger partial charge in [0.15, 0.2) is 0 Å². The molecule has 0 nitrogen and oxygen atoms in total. The Morgan fingerprint density at radius 3 is 1.66 bits per heavy atom. The molecule has 210 valence electrons. The molecule has 4 rings (SSSR count). The molecule has 0 atom stereocenters. The average Bonchev–Trinajstić information content (AvgIpc) is 3.37. The van der Waals surface area contributed by atoms with Crippen LogP contribution in [0.1, 0.15) is 112 Å². The number of benzene rings is 2. The Morgan fingerprint density at radius 1 is 0.684 bits per heavy atom. The average molecular weight is 651 g/mol. The van der Waals surface area contributed by atoms with Gasteiger partial charge in [0, 0.05) is 0 Å². The summed E-state index contributed by atoms with van der Waals surface area (Å²) in [6.07, 6.45) is 9.48. The number of halogens is 2. The molecule has 2 aliphatic rings. The summed E-state index contributed by atoms with van der Waals surface area (Å²) in [7, 11) is 0. The summed E-state index contributed by atoms with van der Waals surface area (Å²) < 4.78 is 3.96. The second-order valence-corrected chi connectivity index (χ2v) is 41.7. The van der Waals surface area contributed by atoms with Crippen molar-refractivity contribution in [1.82, 2.24) is 0 Å². The number of hydrogen-bond donors (Lipinski definition) is 0. The number of fused-ring (bicyclic) bond motifs is 3. The predicted molar refractivity (Wildman–Crippen MR) is 176 cm³/mol. The van der Waals surface area contributed by atoms with Crippen molar-refractivity contribution in [3.05, 3.63) is 74.1 Å². The normalized spacial score (nSPS) is 15.9. The van der Waals surface area contributed by atoms with Crippen LogP contribution in [0.5, 0.6) is 0 Å². The van der Waals surface area contributed by atoms with Crippen LogP contribution in [0.2, 0.25) is 6.25 Å². The van der Waals surface area contributed by atoms with Crippen LogP contribution in [-0.4, -0.2) is 6.88 Å². The molecule has 0 saturated carbocycles. The molecular weight excluding hydrogens is 599 g/mol. The van der Waals surface area contributed by atoms with Gasteiger partial charge in [-0.15, -0.1) is 24.8 Å². The summed E-state index contributed by atoms with van der Waals surface area (Å²) in [4.78, 5) is 0. The van der Waals surface area contributed by atoms with Crippen LogP contribution in [0.15, 0.2) is 51.8 Å². The number of rotatable bonds is 2. The monoisotopic (exact) mass is 648 g/mol. The summed E-state index contributed by atoms with van der Waals surface area (Å²) in [5.41, 5.74) is 9.34. The van der Waals surface area contributed by atoms with Gasteiger partial charge in [-0.2, -0.15) is 0 Å².